The predicted octanol–water partition coefficient (Wildman–Crippen LogP) is 2.44. The van der Waals surface area contributed by atoms with Crippen LogP contribution in [0.25, 0.3) is 0 Å². The molecule has 2 aromatic rings. The lowest BCUT2D eigenvalue weighted by Gasteiger charge is -2.30. The Balaban J connectivity index is 1.77. The van der Waals surface area contributed by atoms with Crippen LogP contribution in [-0.4, -0.2) is 43.1 Å². The van der Waals surface area contributed by atoms with Crippen molar-refractivity contribution in [2.24, 2.45) is 0 Å². The molecular formula is C20H21NO4. The van der Waals surface area contributed by atoms with Crippen LogP contribution in [0.1, 0.15) is 21.5 Å². The van der Waals surface area contributed by atoms with E-state index in [1.807, 2.05) is 42.5 Å². The molecule has 25 heavy (non-hydrogen) atoms. The number of rotatable bonds is 6. The van der Waals surface area contributed by atoms with Crippen LogP contribution >= 0.6 is 0 Å². The van der Waals surface area contributed by atoms with Gasteiger partial charge in [0, 0.05) is 26.6 Å². The van der Waals surface area contributed by atoms with E-state index in [4.69, 9.17) is 9.47 Å². The summed E-state index contributed by atoms with van der Waals surface area (Å²) < 4.78 is 10.5. The highest BCUT2D eigenvalue weighted by Crippen LogP contribution is 2.22. The first-order chi connectivity index (χ1) is 12.2. The van der Waals surface area contributed by atoms with Crippen LogP contribution in [0, 0.1) is 0 Å². The number of nitrogens with zero attached hydrogens (tertiary/aromatic N) is 1. The molecule has 1 amide bonds. The molecular weight excluding hydrogens is 318 g/mol. The van der Waals surface area contributed by atoms with Crippen molar-refractivity contribution in [3.8, 4) is 0 Å². The number of amides is 1. The number of carbonyl (C=O) groups excluding carboxylic acids is 2. The molecule has 3 rings (SSSR count). The Kier molecular flexibility index (Phi) is 5.46. The van der Waals surface area contributed by atoms with E-state index in [0.29, 0.717) is 31.7 Å². The third kappa shape index (κ3) is 4.06. The number of esters is 1. The second-order valence-electron chi connectivity index (χ2n) is 5.99. The van der Waals surface area contributed by atoms with E-state index < -0.39 is 12.1 Å². The second kappa shape index (κ2) is 7.94. The Bertz CT molecular complexity index is 744. The highest BCUT2D eigenvalue weighted by atomic mass is 16.5. The molecule has 1 atom stereocenters. The fraction of sp³-hybridized carbons (Fsp3) is 0.300. The minimum atomic E-state index is -0.789. The molecule has 1 aliphatic rings. The van der Waals surface area contributed by atoms with Gasteiger partial charge in [0.05, 0.1) is 12.2 Å². The third-order valence-corrected chi connectivity index (χ3v) is 4.26. The lowest BCUT2D eigenvalue weighted by atomic mass is 9.98. The van der Waals surface area contributed by atoms with E-state index in [1.54, 1.807) is 24.1 Å². The summed E-state index contributed by atoms with van der Waals surface area (Å²) in [5, 5.41) is 0. The second-order valence-corrected chi connectivity index (χ2v) is 5.99. The summed E-state index contributed by atoms with van der Waals surface area (Å²) in [5.41, 5.74) is 2.41. The van der Waals surface area contributed by atoms with Crippen molar-refractivity contribution in [2.75, 3.05) is 20.3 Å². The molecule has 0 saturated heterocycles. The maximum Gasteiger partial charge on any atom is 0.339 e. The van der Waals surface area contributed by atoms with Gasteiger partial charge in [-0.2, -0.15) is 0 Å². The summed E-state index contributed by atoms with van der Waals surface area (Å²) in [4.78, 5) is 26.8. The van der Waals surface area contributed by atoms with Crippen LogP contribution in [0.3, 0.4) is 0 Å². The molecule has 1 heterocycles. The first-order valence-corrected chi connectivity index (χ1v) is 8.29. The van der Waals surface area contributed by atoms with Crippen molar-refractivity contribution < 1.29 is 19.1 Å². The van der Waals surface area contributed by atoms with Crippen molar-refractivity contribution in [3.63, 3.8) is 0 Å². The highest BCUT2D eigenvalue weighted by Gasteiger charge is 2.33. The van der Waals surface area contributed by atoms with Gasteiger partial charge in [-0.3, -0.25) is 4.79 Å². The van der Waals surface area contributed by atoms with Gasteiger partial charge in [-0.05, 0) is 17.2 Å². The van der Waals surface area contributed by atoms with Gasteiger partial charge in [-0.15, -0.1) is 0 Å². The molecule has 130 valence electrons. The van der Waals surface area contributed by atoms with Gasteiger partial charge in [0.1, 0.15) is 0 Å². The zero-order chi connectivity index (χ0) is 17.6. The molecule has 0 unspecified atom stereocenters. The fourth-order valence-corrected chi connectivity index (χ4v) is 2.95. The zero-order valence-electron chi connectivity index (χ0n) is 14.2. The molecule has 0 aliphatic carbocycles. The van der Waals surface area contributed by atoms with Crippen LogP contribution < -0.4 is 0 Å². The molecule has 0 bridgehead atoms. The molecule has 0 saturated carbocycles. The number of hydrogen-bond donors (Lipinski definition) is 0. The van der Waals surface area contributed by atoms with E-state index in [9.17, 15) is 9.59 Å². The van der Waals surface area contributed by atoms with Crippen molar-refractivity contribution in [1.82, 2.24) is 4.90 Å². The van der Waals surface area contributed by atoms with Gasteiger partial charge in [0.25, 0.3) is 5.91 Å². The number of hydrogen-bond acceptors (Lipinski definition) is 4. The largest absolute Gasteiger partial charge is 0.448 e. The van der Waals surface area contributed by atoms with Gasteiger partial charge in [0.2, 0.25) is 0 Å². The third-order valence-electron chi connectivity index (χ3n) is 4.26. The zero-order valence-corrected chi connectivity index (χ0v) is 14.2. The Labute approximate surface area is 147 Å². The van der Waals surface area contributed by atoms with E-state index >= 15 is 0 Å². The quantitative estimate of drug-likeness (QED) is 0.759. The van der Waals surface area contributed by atoms with E-state index in [1.165, 1.54) is 0 Å². The summed E-state index contributed by atoms with van der Waals surface area (Å²) in [5.74, 6) is -0.629. The van der Waals surface area contributed by atoms with Crippen molar-refractivity contribution in [3.05, 3.63) is 71.3 Å². The van der Waals surface area contributed by atoms with Crippen molar-refractivity contribution in [1.29, 1.82) is 0 Å². The molecule has 0 fully saturated rings. The van der Waals surface area contributed by atoms with Gasteiger partial charge >= 0.3 is 5.97 Å². The van der Waals surface area contributed by atoms with Gasteiger partial charge in [-0.25, -0.2) is 4.79 Å². The number of carbonyl (C=O) groups is 2. The molecule has 0 radical (unpaired) electrons. The molecule has 0 aromatic heterocycles. The SMILES string of the molecule is COCCN(Cc1ccccc1)C(=O)[C@H]1Cc2ccccc2C(=O)O1. The molecule has 2 aromatic carbocycles. The van der Waals surface area contributed by atoms with Crippen molar-refractivity contribution >= 4 is 11.9 Å². The van der Waals surface area contributed by atoms with Gasteiger partial charge in [0.15, 0.2) is 6.10 Å². The van der Waals surface area contributed by atoms with Crippen LogP contribution in [0.4, 0.5) is 0 Å². The number of ether oxygens (including phenoxy) is 2. The average Bonchev–Trinajstić information content (AvgIpc) is 2.65. The molecule has 5 heteroatoms. The summed E-state index contributed by atoms with van der Waals surface area (Å²) >= 11 is 0. The summed E-state index contributed by atoms with van der Waals surface area (Å²) in [6, 6.07) is 17.0. The van der Waals surface area contributed by atoms with Crippen LogP contribution in [0.2, 0.25) is 0 Å². The summed E-state index contributed by atoms with van der Waals surface area (Å²) in [6.07, 6.45) is -0.387. The number of fused-ring (bicyclic) bond motifs is 1. The lowest BCUT2D eigenvalue weighted by molar-refractivity contribution is -0.142. The van der Waals surface area contributed by atoms with Crippen LogP contribution in [-0.2, 0) is 27.2 Å². The van der Waals surface area contributed by atoms with Crippen LogP contribution in [0.5, 0.6) is 0 Å². The van der Waals surface area contributed by atoms with Crippen molar-refractivity contribution in [2.45, 2.75) is 19.1 Å². The maximum absolute atomic E-state index is 13.0. The van der Waals surface area contributed by atoms with Gasteiger partial charge in [-0.1, -0.05) is 48.5 Å². The van der Waals surface area contributed by atoms with E-state index in [2.05, 4.69) is 0 Å². The predicted molar refractivity (Wildman–Crippen MR) is 93.1 cm³/mol. The topological polar surface area (TPSA) is 55.8 Å². The number of cyclic esters (lactones) is 1. The minimum absolute atomic E-state index is 0.191. The lowest BCUT2D eigenvalue weighted by Crippen LogP contribution is -2.45. The van der Waals surface area contributed by atoms with Crippen LogP contribution in [0.15, 0.2) is 54.6 Å². The number of benzene rings is 2. The minimum Gasteiger partial charge on any atom is -0.448 e. The molecule has 1 aliphatic heterocycles. The Hall–Kier alpha value is -2.66. The summed E-state index contributed by atoms with van der Waals surface area (Å²) in [6.45, 7) is 1.33. The standard InChI is InChI=1S/C20H21NO4/c1-24-12-11-21(14-15-7-3-2-4-8-15)19(22)18-13-16-9-5-6-10-17(16)20(23)25-18/h2-10,18H,11-14H2,1H3/t18-/m1/s1. The highest BCUT2D eigenvalue weighted by molar-refractivity contribution is 5.95. The smallest absolute Gasteiger partial charge is 0.339 e. The first-order valence-electron chi connectivity index (χ1n) is 8.29. The molecule has 0 spiro atoms. The Morgan fingerprint density at radius 3 is 2.64 bits per heavy atom. The summed E-state index contributed by atoms with van der Waals surface area (Å²) in [7, 11) is 1.60. The Morgan fingerprint density at radius 2 is 1.88 bits per heavy atom. The molecule has 5 nitrogen and oxygen atoms in total. The monoisotopic (exact) mass is 339 g/mol. The maximum atomic E-state index is 13.0. The van der Waals surface area contributed by atoms with Gasteiger partial charge < -0.3 is 14.4 Å². The Morgan fingerprint density at radius 1 is 1.16 bits per heavy atom. The van der Waals surface area contributed by atoms with E-state index in [0.717, 1.165) is 11.1 Å². The van der Waals surface area contributed by atoms with E-state index in [-0.39, 0.29) is 5.91 Å². The molecule has 0 N–H and O–H groups in total. The normalized spacial score (nSPS) is 16.0. The first kappa shape index (κ1) is 17.2. The fourth-order valence-electron chi connectivity index (χ4n) is 2.95. The average molecular weight is 339 g/mol. The number of methoxy groups -OCH3 is 1.